The van der Waals surface area contributed by atoms with Crippen LogP contribution in [0.5, 0.6) is 0 Å². The Bertz CT molecular complexity index is 695. The van der Waals surface area contributed by atoms with Crippen molar-refractivity contribution in [1.29, 1.82) is 0 Å². The third kappa shape index (κ3) is 3.08. The number of nitrogens with zero attached hydrogens (tertiary/aromatic N) is 1. The van der Waals surface area contributed by atoms with E-state index in [1.165, 1.54) is 35.2 Å². The van der Waals surface area contributed by atoms with E-state index in [2.05, 4.69) is 0 Å². The van der Waals surface area contributed by atoms with Crippen LogP contribution in [0.1, 0.15) is 26.3 Å². The van der Waals surface area contributed by atoms with Gasteiger partial charge in [-0.2, -0.15) is 0 Å². The van der Waals surface area contributed by atoms with Crippen LogP contribution in [-0.4, -0.2) is 24.0 Å². The number of rotatable bonds is 3. The van der Waals surface area contributed by atoms with Gasteiger partial charge < -0.3 is 10.0 Å². The molecule has 0 spiro atoms. The quantitative estimate of drug-likeness (QED) is 0.943. The molecule has 0 bridgehead atoms. The molecule has 0 aliphatic rings. The summed E-state index contributed by atoms with van der Waals surface area (Å²) in [6.07, 6.45) is 0. The lowest BCUT2D eigenvalue weighted by atomic mass is 10.1. The number of carboxylic acid groups (broad SMARTS) is 1. The van der Waals surface area contributed by atoms with Crippen molar-refractivity contribution in [3.63, 3.8) is 0 Å². The summed E-state index contributed by atoms with van der Waals surface area (Å²) in [5.74, 6) is -1.68. The highest BCUT2D eigenvalue weighted by Gasteiger charge is 2.15. The third-order valence-electron chi connectivity index (χ3n) is 3.21. The summed E-state index contributed by atoms with van der Waals surface area (Å²) in [7, 11) is 1.58. The average Bonchev–Trinajstić information content (AvgIpc) is 2.48. The van der Waals surface area contributed by atoms with Gasteiger partial charge in [-0.15, -0.1) is 0 Å². The molecule has 0 aromatic heterocycles. The van der Waals surface area contributed by atoms with Gasteiger partial charge in [-0.1, -0.05) is 0 Å². The van der Waals surface area contributed by atoms with E-state index in [1.807, 2.05) is 0 Å². The molecule has 0 radical (unpaired) electrons. The zero-order valence-corrected chi connectivity index (χ0v) is 11.6. The van der Waals surface area contributed by atoms with Gasteiger partial charge in [-0.05, 0) is 55.0 Å². The Balaban J connectivity index is 2.25. The number of hydrogen-bond acceptors (Lipinski definition) is 2. The molecule has 0 unspecified atom stereocenters. The van der Waals surface area contributed by atoms with Crippen molar-refractivity contribution >= 4 is 17.6 Å². The predicted molar refractivity (Wildman–Crippen MR) is 77.3 cm³/mol. The molecule has 5 heteroatoms. The van der Waals surface area contributed by atoms with Gasteiger partial charge in [0, 0.05) is 18.3 Å². The van der Waals surface area contributed by atoms with Crippen molar-refractivity contribution in [2.45, 2.75) is 6.92 Å². The first kappa shape index (κ1) is 14.7. The fourth-order valence-corrected chi connectivity index (χ4v) is 1.92. The Hall–Kier alpha value is -2.69. The second kappa shape index (κ2) is 5.75. The lowest BCUT2D eigenvalue weighted by Gasteiger charge is -2.18. The number of aryl methyl sites for hydroxylation is 1. The summed E-state index contributed by atoms with van der Waals surface area (Å²) in [5.41, 5.74) is 1.48. The maximum absolute atomic E-state index is 13.2. The molecule has 2 aromatic carbocycles. The van der Waals surface area contributed by atoms with Crippen LogP contribution in [0.2, 0.25) is 0 Å². The lowest BCUT2D eigenvalue weighted by molar-refractivity contribution is 0.0696. The first-order valence-corrected chi connectivity index (χ1v) is 6.27. The molecule has 0 fully saturated rings. The van der Waals surface area contributed by atoms with E-state index < -0.39 is 5.97 Å². The van der Waals surface area contributed by atoms with E-state index in [0.29, 0.717) is 16.8 Å². The Kier molecular flexibility index (Phi) is 4.03. The Labute approximate surface area is 121 Å². The van der Waals surface area contributed by atoms with Crippen molar-refractivity contribution in [1.82, 2.24) is 0 Å². The van der Waals surface area contributed by atoms with Crippen LogP contribution >= 0.6 is 0 Å². The van der Waals surface area contributed by atoms with Gasteiger partial charge in [0.15, 0.2) is 0 Å². The Morgan fingerprint density at radius 2 is 1.62 bits per heavy atom. The van der Waals surface area contributed by atoms with Crippen LogP contribution < -0.4 is 4.90 Å². The summed E-state index contributed by atoms with van der Waals surface area (Å²) >= 11 is 0. The van der Waals surface area contributed by atoms with Crippen LogP contribution in [0.25, 0.3) is 0 Å². The SMILES string of the molecule is Cc1cc(C(=O)N(C)c2ccc(C(=O)O)cc2)ccc1F. The Morgan fingerprint density at radius 1 is 1.05 bits per heavy atom. The predicted octanol–water partition coefficient (Wildman–Crippen LogP) is 3.11. The molecule has 0 heterocycles. The molecule has 2 aromatic rings. The minimum Gasteiger partial charge on any atom is -0.478 e. The van der Waals surface area contributed by atoms with E-state index in [4.69, 9.17) is 5.11 Å². The number of carbonyl (C=O) groups is 2. The van der Waals surface area contributed by atoms with Gasteiger partial charge in [-0.25, -0.2) is 9.18 Å². The molecule has 1 amide bonds. The van der Waals surface area contributed by atoms with Crippen LogP contribution in [0.3, 0.4) is 0 Å². The molecular formula is C16H14FNO3. The second-order valence-corrected chi connectivity index (χ2v) is 4.68. The van der Waals surface area contributed by atoms with Crippen molar-refractivity contribution in [3.8, 4) is 0 Å². The van der Waals surface area contributed by atoms with Gasteiger partial charge in [0.1, 0.15) is 5.82 Å². The smallest absolute Gasteiger partial charge is 0.335 e. The minimum atomic E-state index is -1.02. The molecule has 0 aliphatic heterocycles. The molecule has 0 saturated heterocycles. The topological polar surface area (TPSA) is 57.6 Å². The number of carbonyl (C=O) groups excluding carboxylic acids is 1. The minimum absolute atomic E-state index is 0.150. The van der Waals surface area contributed by atoms with Gasteiger partial charge in [0.2, 0.25) is 0 Å². The first-order valence-electron chi connectivity index (χ1n) is 6.27. The highest BCUT2D eigenvalue weighted by atomic mass is 19.1. The maximum atomic E-state index is 13.2. The van der Waals surface area contributed by atoms with Crippen molar-refractivity contribution < 1.29 is 19.1 Å². The van der Waals surface area contributed by atoms with E-state index in [1.54, 1.807) is 26.1 Å². The third-order valence-corrected chi connectivity index (χ3v) is 3.21. The number of halogens is 1. The molecule has 1 N–H and O–H groups in total. The summed E-state index contributed by atoms with van der Waals surface area (Å²) < 4.78 is 13.2. The van der Waals surface area contributed by atoms with Crippen molar-refractivity contribution in [3.05, 3.63) is 65.0 Å². The molecular weight excluding hydrogens is 273 g/mol. The van der Waals surface area contributed by atoms with Crippen molar-refractivity contribution in [2.75, 3.05) is 11.9 Å². The molecule has 0 saturated carbocycles. The normalized spacial score (nSPS) is 10.2. The maximum Gasteiger partial charge on any atom is 0.335 e. The van der Waals surface area contributed by atoms with Crippen molar-refractivity contribution in [2.24, 2.45) is 0 Å². The average molecular weight is 287 g/mol. The van der Waals surface area contributed by atoms with Crippen LogP contribution in [0, 0.1) is 12.7 Å². The van der Waals surface area contributed by atoms with Gasteiger partial charge in [-0.3, -0.25) is 4.79 Å². The molecule has 2 rings (SSSR count). The number of hydrogen-bond donors (Lipinski definition) is 1. The number of carboxylic acids is 1. The molecule has 0 atom stereocenters. The van der Waals surface area contributed by atoms with E-state index in [9.17, 15) is 14.0 Å². The number of benzene rings is 2. The zero-order valence-electron chi connectivity index (χ0n) is 11.6. The van der Waals surface area contributed by atoms with Crippen LogP contribution in [-0.2, 0) is 0 Å². The number of anilines is 1. The summed E-state index contributed by atoms with van der Waals surface area (Å²) in [5, 5.41) is 8.84. The zero-order chi connectivity index (χ0) is 15.6. The summed E-state index contributed by atoms with van der Waals surface area (Å²) in [6.45, 7) is 1.59. The standard InChI is InChI=1S/C16H14FNO3/c1-10-9-12(5-8-14(10)17)15(19)18(2)13-6-3-11(4-7-13)16(20)21/h3-9H,1-2H3,(H,20,21). The highest BCUT2D eigenvalue weighted by Crippen LogP contribution is 2.18. The van der Waals surface area contributed by atoms with Gasteiger partial charge in [0.25, 0.3) is 5.91 Å². The largest absolute Gasteiger partial charge is 0.478 e. The molecule has 0 aliphatic carbocycles. The Morgan fingerprint density at radius 3 is 2.14 bits per heavy atom. The fraction of sp³-hybridized carbons (Fsp3) is 0.125. The number of aromatic carboxylic acids is 1. The molecule has 4 nitrogen and oxygen atoms in total. The lowest BCUT2D eigenvalue weighted by Crippen LogP contribution is -2.26. The van der Waals surface area contributed by atoms with E-state index >= 15 is 0 Å². The van der Waals surface area contributed by atoms with E-state index in [0.717, 1.165) is 0 Å². The summed E-state index contributed by atoms with van der Waals surface area (Å²) in [6, 6.07) is 10.1. The molecule has 108 valence electrons. The van der Waals surface area contributed by atoms with E-state index in [-0.39, 0.29) is 17.3 Å². The fourth-order valence-electron chi connectivity index (χ4n) is 1.92. The monoisotopic (exact) mass is 287 g/mol. The summed E-state index contributed by atoms with van der Waals surface area (Å²) in [4.78, 5) is 24.5. The second-order valence-electron chi connectivity index (χ2n) is 4.68. The van der Waals surface area contributed by atoms with Crippen LogP contribution in [0.4, 0.5) is 10.1 Å². The molecule has 21 heavy (non-hydrogen) atoms. The van der Waals surface area contributed by atoms with Crippen LogP contribution in [0.15, 0.2) is 42.5 Å². The first-order chi connectivity index (χ1) is 9.90. The van der Waals surface area contributed by atoms with Gasteiger partial charge >= 0.3 is 5.97 Å². The highest BCUT2D eigenvalue weighted by molar-refractivity contribution is 6.06. The number of amides is 1. The van der Waals surface area contributed by atoms with Gasteiger partial charge in [0.05, 0.1) is 5.56 Å².